The molecule has 2 atom stereocenters. The summed E-state index contributed by atoms with van der Waals surface area (Å²) in [7, 11) is 2.06. The minimum Gasteiger partial charge on any atom is -0.306 e. The van der Waals surface area contributed by atoms with Gasteiger partial charge in [0.05, 0.1) is 0 Å². The van der Waals surface area contributed by atoms with Gasteiger partial charge in [0.2, 0.25) is 0 Å². The van der Waals surface area contributed by atoms with Crippen LogP contribution >= 0.6 is 11.6 Å². The molecule has 1 saturated heterocycles. The lowest BCUT2D eigenvalue weighted by molar-refractivity contribution is -0.113. The van der Waals surface area contributed by atoms with Crippen LogP contribution in [0.1, 0.15) is 17.9 Å². The Morgan fingerprint density at radius 3 is 2.69 bits per heavy atom. The van der Waals surface area contributed by atoms with Crippen molar-refractivity contribution in [3.05, 3.63) is 34.9 Å². The van der Waals surface area contributed by atoms with Crippen LogP contribution in [0.15, 0.2) is 24.3 Å². The van der Waals surface area contributed by atoms with E-state index in [1.165, 1.54) is 5.56 Å². The molecule has 1 aromatic rings. The van der Waals surface area contributed by atoms with Crippen molar-refractivity contribution < 1.29 is 4.79 Å². The first kappa shape index (κ1) is 11.6. The van der Waals surface area contributed by atoms with Crippen molar-refractivity contribution in [3.8, 4) is 0 Å². The summed E-state index contributed by atoms with van der Waals surface area (Å²) in [5, 5.41) is 0.749. The minimum absolute atomic E-state index is 0.111. The molecule has 2 nitrogen and oxygen atoms in total. The predicted molar refractivity (Wildman–Crippen MR) is 65.9 cm³/mol. The summed E-state index contributed by atoms with van der Waals surface area (Å²) < 4.78 is 0. The highest BCUT2D eigenvalue weighted by Crippen LogP contribution is 2.31. The van der Waals surface area contributed by atoms with Gasteiger partial charge in [-0.15, -0.1) is 0 Å². The molecule has 0 aromatic heterocycles. The maximum Gasteiger partial charge on any atom is 0.124 e. The van der Waals surface area contributed by atoms with Crippen molar-refractivity contribution in [1.82, 2.24) is 4.90 Å². The fourth-order valence-electron chi connectivity index (χ4n) is 2.41. The number of halogens is 1. The number of likely N-dealkylation sites (tertiary alicyclic amines) is 1. The summed E-state index contributed by atoms with van der Waals surface area (Å²) in [5.74, 6) is 0.464. The lowest BCUT2D eigenvalue weighted by atomic mass is 9.81. The molecule has 0 N–H and O–H groups in total. The highest BCUT2D eigenvalue weighted by molar-refractivity contribution is 6.30. The van der Waals surface area contributed by atoms with Gasteiger partial charge in [0.15, 0.2) is 0 Å². The first-order chi connectivity index (χ1) is 7.70. The first-order valence-corrected chi connectivity index (χ1v) is 5.98. The predicted octanol–water partition coefficient (Wildman–Crippen LogP) is 2.57. The molecule has 1 aliphatic rings. The van der Waals surface area contributed by atoms with Gasteiger partial charge in [0, 0.05) is 17.5 Å². The lowest BCUT2D eigenvalue weighted by Crippen LogP contribution is -2.37. The fraction of sp³-hybridized carbons (Fsp3) is 0.462. The number of hydrogen-bond donors (Lipinski definition) is 0. The van der Waals surface area contributed by atoms with Gasteiger partial charge in [-0.2, -0.15) is 0 Å². The van der Waals surface area contributed by atoms with Crippen molar-refractivity contribution >= 4 is 17.9 Å². The third kappa shape index (κ3) is 2.45. The molecule has 0 spiro atoms. The number of carbonyl (C=O) groups is 1. The van der Waals surface area contributed by atoms with Crippen molar-refractivity contribution in [2.45, 2.75) is 12.3 Å². The van der Waals surface area contributed by atoms with Gasteiger partial charge in [-0.1, -0.05) is 23.7 Å². The van der Waals surface area contributed by atoms with Gasteiger partial charge >= 0.3 is 0 Å². The Labute approximate surface area is 101 Å². The van der Waals surface area contributed by atoms with Crippen LogP contribution in [0.3, 0.4) is 0 Å². The highest BCUT2D eigenvalue weighted by atomic mass is 35.5. The van der Waals surface area contributed by atoms with Crippen molar-refractivity contribution in [1.29, 1.82) is 0 Å². The Bertz CT molecular complexity index is 363. The van der Waals surface area contributed by atoms with Gasteiger partial charge in [-0.25, -0.2) is 0 Å². The summed E-state index contributed by atoms with van der Waals surface area (Å²) in [5.41, 5.74) is 1.23. The van der Waals surface area contributed by atoms with E-state index in [1.807, 2.05) is 24.3 Å². The van der Waals surface area contributed by atoms with Crippen LogP contribution in [-0.4, -0.2) is 31.3 Å². The Kier molecular flexibility index (Phi) is 3.62. The molecule has 1 aromatic carbocycles. The Balaban J connectivity index is 2.19. The van der Waals surface area contributed by atoms with E-state index in [0.29, 0.717) is 5.92 Å². The molecule has 16 heavy (non-hydrogen) atoms. The van der Waals surface area contributed by atoms with E-state index in [4.69, 9.17) is 11.6 Å². The average Bonchev–Trinajstić information content (AvgIpc) is 2.30. The monoisotopic (exact) mass is 237 g/mol. The number of hydrogen-bond acceptors (Lipinski definition) is 2. The topological polar surface area (TPSA) is 20.3 Å². The molecule has 0 aliphatic carbocycles. The SMILES string of the molecule is CN1CC[C@H](c2ccc(Cl)cc2)[C@@H](C=O)C1. The van der Waals surface area contributed by atoms with Crippen LogP contribution in [0.25, 0.3) is 0 Å². The van der Waals surface area contributed by atoms with Gasteiger partial charge in [-0.05, 0) is 43.6 Å². The van der Waals surface area contributed by atoms with E-state index in [2.05, 4.69) is 11.9 Å². The van der Waals surface area contributed by atoms with Crippen LogP contribution < -0.4 is 0 Å². The second kappa shape index (κ2) is 4.98. The molecule has 0 saturated carbocycles. The number of nitrogens with zero attached hydrogens (tertiary/aromatic N) is 1. The normalized spacial score (nSPS) is 26.6. The zero-order valence-corrected chi connectivity index (χ0v) is 10.2. The van der Waals surface area contributed by atoms with Crippen LogP contribution in [0.4, 0.5) is 0 Å². The number of piperidine rings is 1. The van der Waals surface area contributed by atoms with Gasteiger partial charge in [0.1, 0.15) is 6.29 Å². The molecule has 0 radical (unpaired) electrons. The van der Waals surface area contributed by atoms with Gasteiger partial charge in [-0.3, -0.25) is 0 Å². The quantitative estimate of drug-likeness (QED) is 0.737. The van der Waals surface area contributed by atoms with Crippen molar-refractivity contribution in [2.75, 3.05) is 20.1 Å². The summed E-state index contributed by atoms with van der Waals surface area (Å²) in [6, 6.07) is 7.87. The molecule has 1 fully saturated rings. The Morgan fingerprint density at radius 1 is 1.38 bits per heavy atom. The standard InChI is InChI=1S/C13H16ClNO/c1-15-7-6-13(11(8-15)9-16)10-2-4-12(14)5-3-10/h2-5,9,11,13H,6-8H2,1H3/t11-,13-/m1/s1. The van der Waals surface area contributed by atoms with E-state index >= 15 is 0 Å². The number of benzene rings is 1. The number of rotatable bonds is 2. The zero-order valence-electron chi connectivity index (χ0n) is 9.40. The fourth-order valence-corrected chi connectivity index (χ4v) is 2.54. The van der Waals surface area contributed by atoms with Crippen LogP contribution in [0.2, 0.25) is 5.02 Å². The second-order valence-corrected chi connectivity index (χ2v) is 4.95. The summed E-state index contributed by atoms with van der Waals surface area (Å²) in [6.45, 7) is 1.91. The van der Waals surface area contributed by atoms with E-state index in [0.717, 1.165) is 30.8 Å². The van der Waals surface area contributed by atoms with Crippen molar-refractivity contribution in [2.24, 2.45) is 5.92 Å². The molecule has 0 bridgehead atoms. The van der Waals surface area contributed by atoms with E-state index in [9.17, 15) is 4.79 Å². The zero-order chi connectivity index (χ0) is 11.5. The molecule has 3 heteroatoms. The largest absolute Gasteiger partial charge is 0.306 e. The lowest BCUT2D eigenvalue weighted by Gasteiger charge is -2.34. The van der Waals surface area contributed by atoms with Gasteiger partial charge in [0.25, 0.3) is 0 Å². The average molecular weight is 238 g/mol. The molecule has 86 valence electrons. The van der Waals surface area contributed by atoms with Crippen LogP contribution in [0.5, 0.6) is 0 Å². The third-order valence-corrected chi connectivity index (χ3v) is 3.59. The van der Waals surface area contributed by atoms with E-state index < -0.39 is 0 Å². The Morgan fingerprint density at radius 2 is 2.06 bits per heavy atom. The summed E-state index contributed by atoms with van der Waals surface area (Å²) >= 11 is 5.87. The smallest absolute Gasteiger partial charge is 0.124 e. The molecule has 0 unspecified atom stereocenters. The molecular formula is C13H16ClNO. The molecular weight excluding hydrogens is 222 g/mol. The summed E-state index contributed by atoms with van der Waals surface area (Å²) in [4.78, 5) is 13.3. The van der Waals surface area contributed by atoms with Crippen LogP contribution in [0, 0.1) is 5.92 Å². The van der Waals surface area contributed by atoms with Crippen LogP contribution in [-0.2, 0) is 4.79 Å². The third-order valence-electron chi connectivity index (χ3n) is 3.33. The van der Waals surface area contributed by atoms with E-state index in [1.54, 1.807) is 0 Å². The minimum atomic E-state index is 0.111. The Hall–Kier alpha value is -0.860. The van der Waals surface area contributed by atoms with Crippen molar-refractivity contribution in [3.63, 3.8) is 0 Å². The maximum absolute atomic E-state index is 11.1. The highest BCUT2D eigenvalue weighted by Gasteiger charge is 2.28. The molecule has 0 amide bonds. The van der Waals surface area contributed by atoms with Gasteiger partial charge < -0.3 is 9.69 Å². The second-order valence-electron chi connectivity index (χ2n) is 4.51. The molecule has 2 rings (SSSR count). The number of aldehydes is 1. The summed E-state index contributed by atoms with van der Waals surface area (Å²) in [6.07, 6.45) is 2.14. The molecule has 1 heterocycles. The van der Waals surface area contributed by atoms with E-state index in [-0.39, 0.29) is 5.92 Å². The first-order valence-electron chi connectivity index (χ1n) is 5.60. The number of carbonyl (C=O) groups excluding carboxylic acids is 1. The molecule has 1 aliphatic heterocycles. The maximum atomic E-state index is 11.1.